The first kappa shape index (κ1) is 109. The average Bonchev–Trinajstić information content (AvgIpc) is 0.917. The van der Waals surface area contributed by atoms with Gasteiger partial charge in [-0.2, -0.15) is 0 Å². The van der Waals surface area contributed by atoms with Gasteiger partial charge in [0.05, 0.1) is 159 Å². The summed E-state index contributed by atoms with van der Waals surface area (Å²) in [5.74, 6) is 0. The fourth-order valence-corrected chi connectivity index (χ4v) is 12.8. The van der Waals surface area contributed by atoms with Gasteiger partial charge in [-0.05, 0) is 70.6 Å². The lowest BCUT2D eigenvalue weighted by Crippen LogP contribution is -2.43. The number of rotatable bonds is 64. The summed E-state index contributed by atoms with van der Waals surface area (Å²) < 4.78 is 101. The molecule has 8 saturated heterocycles. The van der Waals surface area contributed by atoms with Gasteiger partial charge in [0, 0.05) is 137 Å². The molecule has 8 heterocycles. The van der Waals surface area contributed by atoms with Crippen LogP contribution in [0.5, 0.6) is 0 Å². The Hall–Kier alpha value is -0.760. The molecule has 0 radical (unpaired) electrons. The summed E-state index contributed by atoms with van der Waals surface area (Å²) in [5.41, 5.74) is 2.52. The largest absolute Gasteiger partial charge is 0.385 e. The van der Waals surface area contributed by atoms with E-state index in [9.17, 15) is 0 Å². The molecule has 0 aromatic carbocycles. The van der Waals surface area contributed by atoms with Crippen LogP contribution in [-0.2, 0) is 90.0 Å². The molecule has 0 unspecified atom stereocenters. The summed E-state index contributed by atoms with van der Waals surface area (Å²) in [5, 5.41) is 0. The molecule has 0 N–H and O–H groups in total. The summed E-state index contributed by atoms with van der Waals surface area (Å²) in [6, 6.07) is 0. The third kappa shape index (κ3) is 62.4. The maximum atomic E-state index is 5.69. The van der Waals surface area contributed by atoms with Crippen molar-refractivity contribution in [1.82, 2.24) is 0 Å². The summed E-state index contributed by atoms with van der Waals surface area (Å²) >= 11 is 0. The van der Waals surface area contributed by atoms with E-state index in [2.05, 4.69) is 90.0 Å². The molecule has 8 rings (SSSR count). The van der Waals surface area contributed by atoms with Crippen molar-refractivity contribution >= 4 is 0 Å². The summed E-state index contributed by atoms with van der Waals surface area (Å²) in [7, 11) is 5.25. The van der Waals surface area contributed by atoms with Gasteiger partial charge in [0.1, 0.15) is 0 Å². The predicted molar refractivity (Wildman–Crippen MR) is 459 cm³/mol. The quantitative estimate of drug-likeness (QED) is 0.0525. The highest BCUT2D eigenvalue weighted by Crippen LogP contribution is 2.32. The molecular formula is C93H186O19. The highest BCUT2D eigenvalue weighted by molar-refractivity contribution is 4.85. The molecule has 8 aliphatic heterocycles. The second-order valence-electron chi connectivity index (χ2n) is 37.1. The second kappa shape index (κ2) is 71.9. The molecule has 0 saturated carbocycles. The number of unbranched alkanes of at least 4 members (excludes halogenated alkanes) is 26. The lowest BCUT2D eigenvalue weighted by molar-refractivity contribution is -0.138. The van der Waals surface area contributed by atoms with Crippen molar-refractivity contribution in [2.45, 2.75) is 308 Å². The van der Waals surface area contributed by atoms with Crippen LogP contribution in [0.15, 0.2) is 0 Å². The third-order valence-electron chi connectivity index (χ3n) is 21.1. The van der Waals surface area contributed by atoms with Gasteiger partial charge >= 0.3 is 0 Å². The SMILES string of the molecule is CCCCCCCCCOCC1(C)COC1.CCCCCCCCOCC1(C)COC1.CCCCCCCOCC1(C)COC1.CCCCCOCC1(C)COC1.CCCOCC1(C)COC1.COCCCCCCCCOCC1(C)COC1.COCCCCCCOCC1(C)COC1.COCCCCOCC1(C)COC1. The van der Waals surface area contributed by atoms with Gasteiger partial charge in [-0.1, -0.05) is 238 Å². The van der Waals surface area contributed by atoms with E-state index in [0.717, 1.165) is 251 Å². The van der Waals surface area contributed by atoms with Gasteiger partial charge < -0.3 is 90.0 Å². The van der Waals surface area contributed by atoms with E-state index >= 15 is 0 Å². The molecule has 19 heteroatoms. The highest BCUT2D eigenvalue weighted by Gasteiger charge is 2.38. The first-order chi connectivity index (χ1) is 54.1. The maximum Gasteiger partial charge on any atom is 0.0564 e. The molecule has 0 amide bonds. The van der Waals surface area contributed by atoms with Crippen molar-refractivity contribution in [2.24, 2.45) is 43.3 Å². The van der Waals surface area contributed by atoms with Gasteiger partial charge in [0.25, 0.3) is 0 Å². The van der Waals surface area contributed by atoms with E-state index in [4.69, 9.17) is 90.0 Å². The molecule has 19 nitrogen and oxygen atoms in total. The van der Waals surface area contributed by atoms with Crippen molar-refractivity contribution in [3.8, 4) is 0 Å². The van der Waals surface area contributed by atoms with E-state index < -0.39 is 0 Å². The van der Waals surface area contributed by atoms with E-state index in [0.29, 0.717) is 43.3 Å². The van der Waals surface area contributed by atoms with Crippen molar-refractivity contribution < 1.29 is 90.0 Å². The topological polar surface area (TPSA) is 175 Å². The van der Waals surface area contributed by atoms with Crippen LogP contribution in [0, 0.1) is 43.3 Å². The van der Waals surface area contributed by atoms with Crippen LogP contribution in [0.2, 0.25) is 0 Å². The van der Waals surface area contributed by atoms with Crippen LogP contribution in [0.25, 0.3) is 0 Å². The molecule has 0 spiro atoms. The molecular weight excluding hydrogens is 1420 g/mol. The number of hydrogen-bond acceptors (Lipinski definition) is 19. The Morgan fingerprint density at radius 2 is 0.286 bits per heavy atom. The zero-order valence-electron chi connectivity index (χ0n) is 76.5. The van der Waals surface area contributed by atoms with Crippen LogP contribution in [0.1, 0.15) is 308 Å². The Morgan fingerprint density at radius 3 is 0.438 bits per heavy atom. The molecule has 8 fully saturated rings. The lowest BCUT2D eigenvalue weighted by atomic mass is 9.90. The standard InChI is InChI=1S/C14H28O3.C14H28O2.C13H26O2.C12H24O3.C12H24O2.C10H20O3.C10H20O2.C8H16O2/c1-14(12-17-13-14)11-16-10-8-6-4-3-5-7-9-15-2;1-3-4-5-6-7-8-9-10-15-11-14(2)12-16-13-14;1-3-4-5-6-7-8-9-14-10-13(2)11-15-12-13;1-12(10-15-11-12)9-14-8-6-4-3-5-7-13-2;1-3-4-5-6-7-8-13-9-12(2)10-14-11-12;1-10(8-13-9-10)7-12-6-4-3-5-11-2;1-3-4-5-6-11-7-10(2)8-12-9-10;1-3-4-9-5-8(2)6-10-7-8/h3-13H2,1-2H3;3-13H2,1-2H3;3-12H2,1-2H3;3-11H2,1-2H3;3-11H2,1-2H3;3-9H2,1-2H3;3-9H2,1-2H3;3-7H2,1-2H3. The van der Waals surface area contributed by atoms with E-state index in [1.54, 1.807) is 21.3 Å². The normalized spacial score (nSPS) is 19.3. The minimum Gasteiger partial charge on any atom is -0.385 e. The molecule has 0 aliphatic carbocycles. The predicted octanol–water partition coefficient (Wildman–Crippen LogP) is 20.6. The van der Waals surface area contributed by atoms with Gasteiger partial charge in [0.2, 0.25) is 0 Å². The van der Waals surface area contributed by atoms with Gasteiger partial charge in [-0.25, -0.2) is 0 Å². The smallest absolute Gasteiger partial charge is 0.0564 e. The first-order valence-electron chi connectivity index (χ1n) is 45.8. The van der Waals surface area contributed by atoms with Gasteiger partial charge in [-0.15, -0.1) is 0 Å². The number of methoxy groups -OCH3 is 3. The monoisotopic (exact) mass is 1610 g/mol. The van der Waals surface area contributed by atoms with E-state index in [1.165, 1.54) is 199 Å². The van der Waals surface area contributed by atoms with Crippen LogP contribution in [-0.4, -0.2) is 253 Å². The Labute approximate surface area is 690 Å². The summed E-state index contributed by atoms with van der Waals surface area (Å²) in [6.45, 7) is 59.6. The minimum absolute atomic E-state index is 0.293. The number of hydrogen-bond donors (Lipinski definition) is 0. The molecule has 0 atom stereocenters. The Kier molecular flexibility index (Phi) is 70.2. The molecule has 8 aliphatic rings. The van der Waals surface area contributed by atoms with E-state index in [-0.39, 0.29) is 0 Å². The fraction of sp³-hybridized carbons (Fsp3) is 1.00. The fourth-order valence-electron chi connectivity index (χ4n) is 12.8. The first-order valence-corrected chi connectivity index (χ1v) is 45.8. The second-order valence-corrected chi connectivity index (χ2v) is 37.1. The van der Waals surface area contributed by atoms with Gasteiger partial charge in [-0.3, -0.25) is 0 Å². The summed E-state index contributed by atoms with van der Waals surface area (Å²) in [6.07, 6.45) is 43.6. The Balaban J connectivity index is 0.000000642. The van der Waals surface area contributed by atoms with Gasteiger partial charge in [0.15, 0.2) is 0 Å². The molecule has 112 heavy (non-hydrogen) atoms. The third-order valence-corrected chi connectivity index (χ3v) is 21.1. The van der Waals surface area contributed by atoms with Crippen molar-refractivity contribution in [1.29, 1.82) is 0 Å². The molecule has 0 aromatic rings. The van der Waals surface area contributed by atoms with E-state index in [1.807, 2.05) is 0 Å². The van der Waals surface area contributed by atoms with Crippen LogP contribution < -0.4 is 0 Å². The zero-order valence-corrected chi connectivity index (χ0v) is 76.5. The zero-order chi connectivity index (χ0) is 82.2. The lowest BCUT2D eigenvalue weighted by Gasteiger charge is -2.37. The highest BCUT2D eigenvalue weighted by atomic mass is 16.6. The number of ether oxygens (including phenoxy) is 19. The average molecular weight is 1610 g/mol. The molecule has 0 bridgehead atoms. The minimum atomic E-state index is 0.293. The molecule has 672 valence electrons. The summed E-state index contributed by atoms with van der Waals surface area (Å²) in [4.78, 5) is 0. The Bertz CT molecular complexity index is 1920. The van der Waals surface area contributed by atoms with Crippen molar-refractivity contribution in [2.75, 3.05) is 253 Å². The van der Waals surface area contributed by atoms with Crippen LogP contribution >= 0.6 is 0 Å². The van der Waals surface area contributed by atoms with Crippen molar-refractivity contribution in [3.05, 3.63) is 0 Å². The maximum absolute atomic E-state index is 5.69. The van der Waals surface area contributed by atoms with Crippen LogP contribution in [0.4, 0.5) is 0 Å². The molecule has 0 aromatic heterocycles. The Morgan fingerprint density at radius 1 is 0.161 bits per heavy atom. The van der Waals surface area contributed by atoms with Crippen LogP contribution in [0.3, 0.4) is 0 Å². The van der Waals surface area contributed by atoms with Crippen molar-refractivity contribution in [3.63, 3.8) is 0 Å².